The predicted octanol–water partition coefficient (Wildman–Crippen LogP) is 8.54. The third-order valence-corrected chi connectivity index (χ3v) is 8.20. The second kappa shape index (κ2) is 8.90. The van der Waals surface area contributed by atoms with Gasteiger partial charge in [0.05, 0.1) is 10.9 Å². The highest BCUT2D eigenvalue weighted by Gasteiger charge is 2.27. The molecule has 1 aromatic heterocycles. The topological polar surface area (TPSA) is 3.88 Å². The minimum absolute atomic E-state index is 0.252. The van der Waals surface area contributed by atoms with Crippen molar-refractivity contribution in [3.63, 3.8) is 0 Å². The summed E-state index contributed by atoms with van der Waals surface area (Å²) in [7, 11) is 2.08. The van der Waals surface area contributed by atoms with Crippen LogP contribution in [0.5, 0.6) is 0 Å². The highest BCUT2D eigenvalue weighted by molar-refractivity contribution is 5.94. The molecule has 174 valence electrons. The molecule has 0 atom stereocenters. The zero-order valence-corrected chi connectivity index (χ0v) is 21.4. The van der Waals surface area contributed by atoms with Crippen molar-refractivity contribution in [2.24, 2.45) is 12.5 Å². The van der Waals surface area contributed by atoms with Gasteiger partial charge in [-0.2, -0.15) is 0 Å². The van der Waals surface area contributed by atoms with Crippen LogP contribution in [0.2, 0.25) is 0 Å². The fraction of sp³-hybridized carbons (Fsp3) is 0.531. The Labute approximate surface area is 202 Å². The molecule has 2 saturated carbocycles. The van der Waals surface area contributed by atoms with E-state index in [-0.39, 0.29) is 5.41 Å². The summed E-state index contributed by atoms with van der Waals surface area (Å²) in [5.74, 6) is 1.41. The van der Waals surface area contributed by atoms with Crippen molar-refractivity contribution < 1.29 is 5.94 Å². The van der Waals surface area contributed by atoms with Crippen molar-refractivity contribution in [3.05, 3.63) is 64.8 Å². The lowest BCUT2D eigenvalue weighted by Crippen LogP contribution is -2.31. The molecule has 2 aromatic carbocycles. The van der Waals surface area contributed by atoms with Crippen LogP contribution < -0.4 is 4.57 Å². The number of rotatable bonds is 4. The van der Waals surface area contributed by atoms with E-state index in [0.29, 0.717) is 18.0 Å². The quantitative estimate of drug-likeness (QED) is 0.357. The van der Waals surface area contributed by atoms with Crippen LogP contribution in [0.25, 0.3) is 22.0 Å². The Bertz CT molecular complexity index is 1200. The molecule has 0 radical (unpaired) electrons. The lowest BCUT2D eigenvalue weighted by molar-refractivity contribution is -0.659. The molecule has 0 spiro atoms. The van der Waals surface area contributed by atoms with E-state index in [1.165, 1.54) is 84.5 Å². The number of benzene rings is 2. The van der Waals surface area contributed by atoms with Crippen molar-refractivity contribution >= 4 is 10.8 Å². The monoisotopic (exact) mass is 441 g/mol. The third-order valence-electron chi connectivity index (χ3n) is 8.20. The normalized spacial score (nSPS) is 18.4. The second-order valence-electron chi connectivity index (χ2n) is 12.1. The van der Waals surface area contributed by atoms with Gasteiger partial charge in [0, 0.05) is 6.07 Å². The molecule has 2 fully saturated rings. The summed E-state index contributed by atoms with van der Waals surface area (Å²) in [5.41, 5.74) is 8.77. The van der Waals surface area contributed by atoms with Gasteiger partial charge >= 0.3 is 0 Å². The molecule has 1 heteroatoms. The van der Waals surface area contributed by atoms with Crippen molar-refractivity contribution in [1.82, 2.24) is 0 Å². The number of nitrogens with zero attached hydrogens (tertiary/aromatic N) is 1. The zero-order valence-electron chi connectivity index (χ0n) is 22.4. The summed E-state index contributed by atoms with van der Waals surface area (Å²) in [6, 6.07) is 14.1. The summed E-state index contributed by atoms with van der Waals surface area (Å²) in [6.07, 6.45) is 12.4. The van der Waals surface area contributed by atoms with E-state index in [9.17, 15) is 0 Å². The molecule has 0 aliphatic heterocycles. The first kappa shape index (κ1) is 21.4. The van der Waals surface area contributed by atoms with Gasteiger partial charge in [-0.25, -0.2) is 4.57 Å². The Hall–Kier alpha value is -2.15. The summed E-state index contributed by atoms with van der Waals surface area (Å²) < 4.78 is 10.9. The molecule has 1 heterocycles. The molecule has 0 saturated heterocycles. The first-order valence-electron chi connectivity index (χ1n) is 13.8. The summed E-state index contributed by atoms with van der Waals surface area (Å²) >= 11 is 0. The summed E-state index contributed by atoms with van der Waals surface area (Å²) in [6.45, 7) is 9.24. The van der Waals surface area contributed by atoms with Gasteiger partial charge in [-0.3, -0.25) is 0 Å². The smallest absolute Gasteiger partial charge is 0.200 e. The van der Waals surface area contributed by atoms with Crippen molar-refractivity contribution in [1.29, 1.82) is 0 Å². The van der Waals surface area contributed by atoms with E-state index < -0.39 is 0 Å². The molecule has 0 N–H and O–H groups in total. The maximum absolute atomic E-state index is 8.82. The number of fused-ring (bicyclic) bond motifs is 1. The molecule has 1 nitrogen and oxygen atoms in total. The Kier molecular flexibility index (Phi) is 5.76. The van der Waals surface area contributed by atoms with Crippen LogP contribution in [0.15, 0.2) is 42.6 Å². The minimum Gasteiger partial charge on any atom is -0.200 e. The molecule has 33 heavy (non-hydrogen) atoms. The van der Waals surface area contributed by atoms with Crippen molar-refractivity contribution in [2.45, 2.75) is 97.3 Å². The lowest BCUT2D eigenvalue weighted by Gasteiger charge is -2.21. The Morgan fingerprint density at radius 1 is 0.909 bits per heavy atom. The number of aromatic nitrogens is 1. The van der Waals surface area contributed by atoms with Crippen LogP contribution in [-0.4, -0.2) is 0 Å². The molecular formula is C32H42N+. The SMILES string of the molecule is [2H]c1cc2cc(CC(C)(C)C)ccc2c(-c2cc(C3CCCC3)cc(C3CCCC3)c2C)[n+]1C. The Morgan fingerprint density at radius 3 is 2.24 bits per heavy atom. The standard InChI is InChI=1S/C32H42N/c1-22-29(25-12-8-9-13-25)19-27(24-10-6-7-11-24)20-30(22)31-28-15-14-23(21-32(2,3)4)18-26(28)16-17-33(31)5/h14-20,24-25H,6-13,21H2,1-5H3/q+1/i17D. The van der Waals surface area contributed by atoms with Crippen LogP contribution in [0.1, 0.15) is 108 Å². The lowest BCUT2D eigenvalue weighted by atomic mass is 9.83. The molecule has 0 unspecified atom stereocenters. The average molecular weight is 442 g/mol. The van der Waals surface area contributed by atoms with E-state index >= 15 is 0 Å². The predicted molar refractivity (Wildman–Crippen MR) is 141 cm³/mol. The number of hydrogen-bond donors (Lipinski definition) is 0. The summed E-state index contributed by atoms with van der Waals surface area (Å²) in [4.78, 5) is 0. The zero-order chi connectivity index (χ0) is 24.0. The van der Waals surface area contributed by atoms with E-state index in [1.807, 2.05) is 0 Å². The molecule has 2 aliphatic carbocycles. The highest BCUT2D eigenvalue weighted by atomic mass is 14.9. The fourth-order valence-corrected chi connectivity index (χ4v) is 6.57. The summed E-state index contributed by atoms with van der Waals surface area (Å²) in [5, 5.41) is 2.48. The van der Waals surface area contributed by atoms with Crippen LogP contribution in [0, 0.1) is 12.3 Å². The first-order chi connectivity index (χ1) is 16.2. The average Bonchev–Trinajstić information content (AvgIpc) is 3.49. The van der Waals surface area contributed by atoms with Gasteiger partial charge in [0.2, 0.25) is 5.69 Å². The molecule has 0 bridgehead atoms. The molecule has 3 aromatic rings. The van der Waals surface area contributed by atoms with Crippen LogP contribution >= 0.6 is 0 Å². The molecule has 5 rings (SSSR count). The fourth-order valence-electron chi connectivity index (χ4n) is 6.57. The van der Waals surface area contributed by atoms with E-state index in [1.54, 1.807) is 11.1 Å². The van der Waals surface area contributed by atoms with Crippen molar-refractivity contribution in [2.75, 3.05) is 0 Å². The first-order valence-corrected chi connectivity index (χ1v) is 13.3. The van der Waals surface area contributed by atoms with Gasteiger partial charge in [-0.15, -0.1) is 0 Å². The maximum Gasteiger partial charge on any atom is 0.220 e. The van der Waals surface area contributed by atoms with E-state index in [4.69, 9.17) is 1.37 Å². The Morgan fingerprint density at radius 2 is 1.58 bits per heavy atom. The Balaban J connectivity index is 1.72. The largest absolute Gasteiger partial charge is 0.220 e. The minimum atomic E-state index is 0.252. The maximum atomic E-state index is 8.82. The van der Waals surface area contributed by atoms with Gasteiger partial charge in [0.25, 0.3) is 0 Å². The van der Waals surface area contributed by atoms with Gasteiger partial charge < -0.3 is 0 Å². The van der Waals surface area contributed by atoms with Crippen molar-refractivity contribution in [3.8, 4) is 11.3 Å². The third kappa shape index (κ3) is 4.61. The number of pyridine rings is 1. The molecule has 2 aliphatic rings. The van der Waals surface area contributed by atoms with Gasteiger partial charge in [-0.05, 0) is 96.1 Å². The van der Waals surface area contributed by atoms with E-state index in [0.717, 1.165) is 6.42 Å². The number of hydrogen-bond acceptors (Lipinski definition) is 0. The van der Waals surface area contributed by atoms with Gasteiger partial charge in [0.1, 0.15) is 8.42 Å². The molecule has 0 amide bonds. The van der Waals surface area contributed by atoms with Gasteiger partial charge in [-0.1, -0.05) is 64.7 Å². The van der Waals surface area contributed by atoms with E-state index in [2.05, 4.69) is 75.7 Å². The van der Waals surface area contributed by atoms with Crippen LogP contribution in [-0.2, 0) is 13.5 Å². The molecular weight excluding hydrogens is 398 g/mol. The van der Waals surface area contributed by atoms with Crippen LogP contribution in [0.4, 0.5) is 0 Å². The second-order valence-corrected chi connectivity index (χ2v) is 12.1. The van der Waals surface area contributed by atoms with Gasteiger partial charge in [0.15, 0.2) is 6.17 Å². The van der Waals surface area contributed by atoms with Crippen LogP contribution in [0.3, 0.4) is 0 Å². The highest BCUT2D eigenvalue weighted by Crippen LogP contribution is 2.43.